The molecule has 3 aromatic rings. The lowest BCUT2D eigenvalue weighted by molar-refractivity contribution is 0.385. The number of benzene rings is 1. The van der Waals surface area contributed by atoms with E-state index in [0.29, 0.717) is 17.6 Å². The normalized spacial score (nSPS) is 16.7. The highest BCUT2D eigenvalue weighted by Crippen LogP contribution is 2.50. The molecular formula is C22H25N7O. The third kappa shape index (κ3) is 3.52. The van der Waals surface area contributed by atoms with Gasteiger partial charge in [0.1, 0.15) is 11.5 Å². The second-order valence-corrected chi connectivity index (χ2v) is 7.69. The minimum atomic E-state index is -0.342. The number of nitrogens with zero attached hydrogens (tertiary/aromatic N) is 5. The van der Waals surface area contributed by atoms with Gasteiger partial charge in [-0.25, -0.2) is 4.99 Å². The molecule has 0 spiro atoms. The van der Waals surface area contributed by atoms with Crippen LogP contribution in [0.15, 0.2) is 64.6 Å². The molecule has 0 saturated heterocycles. The summed E-state index contributed by atoms with van der Waals surface area (Å²) in [6.07, 6.45) is 7.08. The van der Waals surface area contributed by atoms with Crippen molar-refractivity contribution in [1.29, 1.82) is 0 Å². The van der Waals surface area contributed by atoms with Crippen molar-refractivity contribution in [1.82, 2.24) is 19.9 Å². The van der Waals surface area contributed by atoms with Gasteiger partial charge in [-0.1, -0.05) is 36.0 Å². The lowest BCUT2D eigenvalue weighted by Gasteiger charge is -2.27. The van der Waals surface area contributed by atoms with Gasteiger partial charge in [0.25, 0.3) is 5.89 Å². The summed E-state index contributed by atoms with van der Waals surface area (Å²) in [6.45, 7) is 5.75. The molecule has 1 saturated carbocycles. The number of aliphatic imine (C=N–C) groups is 1. The van der Waals surface area contributed by atoms with Gasteiger partial charge < -0.3 is 16.0 Å². The van der Waals surface area contributed by atoms with Crippen LogP contribution in [0.1, 0.15) is 36.7 Å². The maximum Gasteiger partial charge on any atom is 0.276 e. The van der Waals surface area contributed by atoms with Gasteiger partial charge in [-0.15, -0.1) is 0 Å². The summed E-state index contributed by atoms with van der Waals surface area (Å²) >= 11 is 0. The summed E-state index contributed by atoms with van der Waals surface area (Å²) in [5, 5.41) is 8.52. The summed E-state index contributed by atoms with van der Waals surface area (Å²) in [5.41, 5.74) is 14.6. The second kappa shape index (κ2) is 7.62. The van der Waals surface area contributed by atoms with Crippen LogP contribution in [0.3, 0.4) is 0 Å². The summed E-state index contributed by atoms with van der Waals surface area (Å²) in [5.74, 6) is 1.85. The number of aryl methyl sites for hydroxylation is 1. The van der Waals surface area contributed by atoms with E-state index in [9.17, 15) is 0 Å². The molecule has 1 unspecified atom stereocenters. The van der Waals surface area contributed by atoms with E-state index in [2.05, 4.69) is 40.9 Å². The zero-order valence-electron chi connectivity index (χ0n) is 17.1. The van der Waals surface area contributed by atoms with Crippen molar-refractivity contribution in [2.24, 2.45) is 29.4 Å². The van der Waals surface area contributed by atoms with Crippen LogP contribution in [-0.4, -0.2) is 26.1 Å². The zero-order valence-corrected chi connectivity index (χ0v) is 17.1. The Morgan fingerprint density at radius 1 is 1.30 bits per heavy atom. The van der Waals surface area contributed by atoms with Crippen molar-refractivity contribution >= 4 is 11.8 Å². The van der Waals surface area contributed by atoms with Gasteiger partial charge in [-0.2, -0.15) is 10.1 Å². The quantitative estimate of drug-likeness (QED) is 0.585. The molecule has 1 fully saturated rings. The second-order valence-electron chi connectivity index (χ2n) is 7.69. The fraction of sp³-hybridized carbons (Fsp3) is 0.273. The number of hydrogen-bond acceptors (Lipinski definition) is 7. The molecule has 1 aliphatic carbocycles. The van der Waals surface area contributed by atoms with Gasteiger partial charge in [0, 0.05) is 31.2 Å². The Kier molecular flexibility index (Phi) is 4.99. The maximum absolute atomic E-state index is 5.76. The highest BCUT2D eigenvalue weighted by Gasteiger charge is 2.47. The molecule has 1 aromatic carbocycles. The minimum Gasteiger partial charge on any atom is -0.404 e. The zero-order chi connectivity index (χ0) is 21.3. The lowest BCUT2D eigenvalue weighted by atomic mass is 9.76. The van der Waals surface area contributed by atoms with E-state index in [1.807, 2.05) is 25.2 Å². The van der Waals surface area contributed by atoms with E-state index >= 15 is 0 Å². The smallest absolute Gasteiger partial charge is 0.276 e. The Morgan fingerprint density at radius 2 is 2.03 bits per heavy atom. The largest absolute Gasteiger partial charge is 0.404 e. The van der Waals surface area contributed by atoms with Crippen molar-refractivity contribution in [3.05, 3.63) is 72.1 Å². The van der Waals surface area contributed by atoms with Crippen molar-refractivity contribution in [3.63, 3.8) is 0 Å². The number of rotatable bonds is 7. The van der Waals surface area contributed by atoms with Crippen LogP contribution in [0, 0.1) is 5.92 Å². The van der Waals surface area contributed by atoms with Crippen LogP contribution >= 0.6 is 0 Å². The molecule has 0 amide bonds. The van der Waals surface area contributed by atoms with Crippen molar-refractivity contribution in [2.75, 3.05) is 0 Å². The molecule has 8 heteroatoms. The highest BCUT2D eigenvalue weighted by molar-refractivity contribution is 6.09. The Labute approximate surface area is 175 Å². The molecule has 8 nitrogen and oxygen atoms in total. The average Bonchev–Trinajstić information content (AvgIpc) is 3.33. The van der Waals surface area contributed by atoms with E-state index in [1.54, 1.807) is 17.1 Å². The van der Waals surface area contributed by atoms with Crippen LogP contribution < -0.4 is 11.5 Å². The van der Waals surface area contributed by atoms with Crippen molar-refractivity contribution in [3.8, 4) is 11.6 Å². The van der Waals surface area contributed by atoms with Crippen molar-refractivity contribution < 1.29 is 4.52 Å². The predicted molar refractivity (Wildman–Crippen MR) is 116 cm³/mol. The maximum atomic E-state index is 5.76. The summed E-state index contributed by atoms with van der Waals surface area (Å²) < 4.78 is 7.31. The fourth-order valence-electron chi connectivity index (χ4n) is 3.71. The molecule has 1 aliphatic rings. The first-order valence-corrected chi connectivity index (χ1v) is 9.77. The van der Waals surface area contributed by atoms with Crippen LogP contribution in [0.25, 0.3) is 17.2 Å². The van der Waals surface area contributed by atoms with E-state index in [-0.39, 0.29) is 11.2 Å². The standard InChI is InChI=1S/C22H25N7O/c1-14(24)25-13-16(12-23)15-4-6-17(7-5-15)22(2,18-8-9-18)21-27-20(30-28-21)19-10-11-26-29(19)3/h4-7,10-13,18H,1,8-9,23-24H2,2-3H3/b16-12+,25-13?. The monoisotopic (exact) mass is 403 g/mol. The molecule has 0 bridgehead atoms. The average molecular weight is 403 g/mol. The third-order valence-corrected chi connectivity index (χ3v) is 5.69. The predicted octanol–water partition coefficient (Wildman–Crippen LogP) is 2.99. The Balaban J connectivity index is 1.67. The lowest BCUT2D eigenvalue weighted by Crippen LogP contribution is -2.28. The molecule has 4 N–H and O–H groups in total. The van der Waals surface area contributed by atoms with E-state index in [4.69, 9.17) is 21.0 Å². The molecule has 154 valence electrons. The Hall–Kier alpha value is -3.68. The molecular weight excluding hydrogens is 378 g/mol. The summed E-state index contributed by atoms with van der Waals surface area (Å²) in [7, 11) is 1.85. The minimum absolute atomic E-state index is 0.230. The van der Waals surface area contributed by atoms with Gasteiger partial charge in [0.2, 0.25) is 0 Å². The molecule has 0 aliphatic heterocycles. The van der Waals surface area contributed by atoms with Crippen LogP contribution in [-0.2, 0) is 12.5 Å². The SMILES string of the molecule is C=C(N)N=C/C(=C\N)c1ccc(C(C)(c2noc(-c3ccnn3C)n2)C2CC2)cc1. The molecule has 2 aromatic heterocycles. The first kappa shape index (κ1) is 19.6. The first-order valence-electron chi connectivity index (χ1n) is 9.77. The highest BCUT2D eigenvalue weighted by atomic mass is 16.5. The Morgan fingerprint density at radius 3 is 2.60 bits per heavy atom. The molecule has 4 rings (SSSR count). The van der Waals surface area contributed by atoms with Gasteiger partial charge in [-0.3, -0.25) is 4.68 Å². The van der Waals surface area contributed by atoms with Gasteiger partial charge in [0.15, 0.2) is 5.82 Å². The first-order chi connectivity index (χ1) is 14.4. The molecule has 0 radical (unpaired) electrons. The molecule has 2 heterocycles. The number of nitrogens with two attached hydrogens (primary N) is 2. The summed E-state index contributed by atoms with van der Waals surface area (Å²) in [4.78, 5) is 8.76. The molecule has 1 atom stereocenters. The number of hydrogen-bond donors (Lipinski definition) is 2. The molecule has 30 heavy (non-hydrogen) atoms. The van der Waals surface area contributed by atoms with E-state index in [1.165, 1.54) is 6.20 Å². The van der Waals surface area contributed by atoms with Gasteiger partial charge >= 0.3 is 0 Å². The van der Waals surface area contributed by atoms with E-state index < -0.39 is 0 Å². The number of allylic oxidation sites excluding steroid dienone is 1. The summed E-state index contributed by atoms with van der Waals surface area (Å²) in [6, 6.07) is 10.1. The van der Waals surface area contributed by atoms with Gasteiger partial charge in [-0.05, 0) is 42.9 Å². The van der Waals surface area contributed by atoms with Crippen molar-refractivity contribution in [2.45, 2.75) is 25.2 Å². The van der Waals surface area contributed by atoms with Crippen LogP contribution in [0.2, 0.25) is 0 Å². The van der Waals surface area contributed by atoms with Crippen LogP contribution in [0.4, 0.5) is 0 Å². The third-order valence-electron chi connectivity index (χ3n) is 5.69. The van der Waals surface area contributed by atoms with E-state index in [0.717, 1.165) is 35.2 Å². The fourth-order valence-corrected chi connectivity index (χ4v) is 3.71. The van der Waals surface area contributed by atoms with Gasteiger partial charge in [0.05, 0.1) is 5.41 Å². The van der Waals surface area contributed by atoms with Crippen LogP contribution in [0.5, 0.6) is 0 Å². The topological polar surface area (TPSA) is 121 Å². The Bertz CT molecular complexity index is 1120. The number of aromatic nitrogens is 4.